The Hall–Kier alpha value is -4.00. The maximum absolute atomic E-state index is 11.9. The molecule has 3 N–H and O–H groups in total. The summed E-state index contributed by atoms with van der Waals surface area (Å²) in [5, 5.41) is 29.2. The summed E-state index contributed by atoms with van der Waals surface area (Å²) in [6.07, 6.45) is 0. The van der Waals surface area contributed by atoms with E-state index < -0.39 is 5.91 Å². The lowest BCUT2D eigenvalue weighted by Crippen LogP contribution is -2.17. The van der Waals surface area contributed by atoms with Crippen molar-refractivity contribution >= 4 is 11.6 Å². The van der Waals surface area contributed by atoms with Crippen LogP contribution in [0, 0.1) is 45.8 Å². The van der Waals surface area contributed by atoms with Crippen LogP contribution in [0.3, 0.4) is 0 Å². The third-order valence-electron chi connectivity index (χ3n) is 2.79. The third kappa shape index (κ3) is 2.63. The van der Waals surface area contributed by atoms with Crippen LogP contribution >= 0.6 is 0 Å². The summed E-state index contributed by atoms with van der Waals surface area (Å²) in [6.45, 7) is 0. The Morgan fingerprint density at radius 2 is 1.64 bits per heavy atom. The number of carbonyl (C=O) groups excluding carboxylic acids is 1. The molecular formula is C16H7N5O. The van der Waals surface area contributed by atoms with Crippen molar-refractivity contribution in [1.82, 2.24) is 5.32 Å². The Kier molecular flexibility index (Phi) is 3.91. The number of allylic oxidation sites excluding steroid dienone is 2. The van der Waals surface area contributed by atoms with Gasteiger partial charge in [-0.25, -0.2) is 0 Å². The van der Waals surface area contributed by atoms with Crippen LogP contribution in [-0.2, 0) is 4.79 Å². The molecule has 0 saturated carbocycles. The minimum atomic E-state index is -0.613. The minimum absolute atomic E-state index is 0.0719. The fourth-order valence-electron chi connectivity index (χ4n) is 1.73. The zero-order valence-electron chi connectivity index (χ0n) is 11.1. The van der Waals surface area contributed by atoms with Crippen molar-refractivity contribution in [3.63, 3.8) is 0 Å². The Morgan fingerprint density at radius 1 is 1.00 bits per heavy atom. The maximum atomic E-state index is 11.9. The lowest BCUT2D eigenvalue weighted by molar-refractivity contribution is -0.115. The van der Waals surface area contributed by atoms with E-state index in [2.05, 4.69) is 17.2 Å². The highest BCUT2D eigenvalue weighted by Crippen LogP contribution is 2.22. The van der Waals surface area contributed by atoms with Gasteiger partial charge in [-0.05, 0) is 24.3 Å². The van der Waals surface area contributed by atoms with E-state index in [9.17, 15) is 4.79 Å². The Labute approximate surface area is 126 Å². The van der Waals surface area contributed by atoms with Crippen LogP contribution in [0.4, 0.5) is 5.69 Å². The van der Waals surface area contributed by atoms with Gasteiger partial charge in [0.15, 0.2) is 5.57 Å². The van der Waals surface area contributed by atoms with Gasteiger partial charge in [-0.2, -0.15) is 15.8 Å². The van der Waals surface area contributed by atoms with Crippen LogP contribution in [0.15, 0.2) is 46.7 Å². The summed E-state index contributed by atoms with van der Waals surface area (Å²) in [4.78, 5) is 11.9. The number of hydrogen-bond acceptors (Lipinski definition) is 5. The topological polar surface area (TPSA) is 126 Å². The molecule has 102 valence electrons. The molecule has 1 heterocycles. The van der Waals surface area contributed by atoms with E-state index in [-0.39, 0.29) is 22.4 Å². The van der Waals surface area contributed by atoms with Gasteiger partial charge >= 0.3 is 0 Å². The first-order chi connectivity index (χ1) is 10.6. The van der Waals surface area contributed by atoms with Crippen molar-refractivity contribution in [2.75, 3.05) is 5.73 Å². The predicted octanol–water partition coefficient (Wildman–Crippen LogP) is 0.872. The van der Waals surface area contributed by atoms with E-state index in [1.807, 2.05) is 0 Å². The fraction of sp³-hybridized carbons (Fsp3) is 0. The molecule has 0 aliphatic carbocycles. The monoisotopic (exact) mass is 285 g/mol. The zero-order chi connectivity index (χ0) is 16.1. The average molecular weight is 285 g/mol. The Morgan fingerprint density at radius 3 is 2.18 bits per heavy atom. The number of amides is 1. The minimum Gasteiger partial charge on any atom is -0.399 e. The number of carbonyl (C=O) groups is 1. The van der Waals surface area contributed by atoms with Crippen LogP contribution in [0.25, 0.3) is 0 Å². The van der Waals surface area contributed by atoms with E-state index in [4.69, 9.17) is 21.5 Å². The van der Waals surface area contributed by atoms with Crippen molar-refractivity contribution in [2.24, 2.45) is 0 Å². The van der Waals surface area contributed by atoms with E-state index in [0.717, 1.165) is 0 Å². The van der Waals surface area contributed by atoms with Crippen molar-refractivity contribution in [3.05, 3.63) is 52.2 Å². The van der Waals surface area contributed by atoms with Gasteiger partial charge in [0, 0.05) is 11.3 Å². The summed E-state index contributed by atoms with van der Waals surface area (Å²) in [5.41, 5.74) is 6.14. The van der Waals surface area contributed by atoms with Gasteiger partial charge in [0.25, 0.3) is 5.91 Å². The number of benzene rings is 1. The van der Waals surface area contributed by atoms with Crippen molar-refractivity contribution in [2.45, 2.75) is 0 Å². The van der Waals surface area contributed by atoms with Gasteiger partial charge in [0.05, 0.1) is 11.3 Å². The molecule has 1 aromatic carbocycles. The SMILES string of the molecule is N#CC(C#N)=C1NC(=O)C(C#Cc2ccc(N)cc2)=C1C#N. The molecule has 22 heavy (non-hydrogen) atoms. The molecule has 0 fully saturated rings. The number of nitrogens with zero attached hydrogens (tertiary/aromatic N) is 3. The molecule has 6 nitrogen and oxygen atoms in total. The third-order valence-corrected chi connectivity index (χ3v) is 2.79. The van der Waals surface area contributed by atoms with Crippen molar-refractivity contribution in [3.8, 4) is 30.0 Å². The summed E-state index contributed by atoms with van der Waals surface area (Å²) in [5.74, 6) is 4.73. The molecule has 0 saturated heterocycles. The van der Waals surface area contributed by atoms with Crippen LogP contribution in [0.1, 0.15) is 5.56 Å². The lowest BCUT2D eigenvalue weighted by Gasteiger charge is -1.95. The molecule has 1 amide bonds. The molecule has 0 bridgehead atoms. The molecule has 1 aliphatic heterocycles. The molecule has 2 rings (SSSR count). The van der Waals surface area contributed by atoms with Gasteiger partial charge in [-0.3, -0.25) is 4.79 Å². The van der Waals surface area contributed by atoms with Gasteiger partial charge in [0.2, 0.25) is 0 Å². The molecule has 1 aromatic rings. The summed E-state index contributed by atoms with van der Waals surface area (Å²) < 4.78 is 0. The second-order valence-electron chi connectivity index (χ2n) is 4.16. The molecule has 0 unspecified atom stereocenters. The van der Waals surface area contributed by atoms with E-state index in [1.54, 1.807) is 42.5 Å². The first-order valence-electron chi connectivity index (χ1n) is 5.98. The first-order valence-corrected chi connectivity index (χ1v) is 5.98. The average Bonchev–Trinajstić information content (AvgIpc) is 2.84. The Balaban J connectivity index is 2.53. The quantitative estimate of drug-likeness (QED) is 0.415. The molecule has 0 radical (unpaired) electrons. The second kappa shape index (κ2) is 5.97. The van der Waals surface area contributed by atoms with Gasteiger partial charge in [-0.15, -0.1) is 0 Å². The van der Waals surface area contributed by atoms with E-state index in [1.165, 1.54) is 0 Å². The fourth-order valence-corrected chi connectivity index (χ4v) is 1.73. The normalized spacial score (nSPS) is 12.4. The zero-order valence-corrected chi connectivity index (χ0v) is 11.1. The molecule has 1 aliphatic rings. The van der Waals surface area contributed by atoms with Gasteiger partial charge in [0.1, 0.15) is 23.8 Å². The van der Waals surface area contributed by atoms with Crippen LogP contribution in [0.2, 0.25) is 0 Å². The molecular weight excluding hydrogens is 278 g/mol. The van der Waals surface area contributed by atoms with Gasteiger partial charge in [-0.1, -0.05) is 11.8 Å². The standard InChI is InChI=1S/C16H7N5O/c17-7-11(8-18)15-14(9-19)13(16(22)21-15)6-3-10-1-4-12(20)5-2-10/h1-2,4-5H,20H2,(H,21,22). The van der Waals surface area contributed by atoms with E-state index in [0.29, 0.717) is 11.3 Å². The highest BCUT2D eigenvalue weighted by molar-refractivity contribution is 6.06. The number of rotatable bonds is 0. The number of nitrogen functional groups attached to an aromatic ring is 1. The summed E-state index contributed by atoms with van der Waals surface area (Å²) in [7, 11) is 0. The predicted molar refractivity (Wildman–Crippen MR) is 76.8 cm³/mol. The van der Waals surface area contributed by atoms with E-state index >= 15 is 0 Å². The summed E-state index contributed by atoms with van der Waals surface area (Å²) >= 11 is 0. The van der Waals surface area contributed by atoms with Crippen LogP contribution in [0.5, 0.6) is 0 Å². The largest absolute Gasteiger partial charge is 0.399 e. The highest BCUT2D eigenvalue weighted by Gasteiger charge is 2.29. The molecule has 0 spiro atoms. The molecule has 0 aromatic heterocycles. The molecule has 6 heteroatoms. The number of anilines is 1. The molecule has 0 atom stereocenters. The van der Waals surface area contributed by atoms with Crippen LogP contribution < -0.4 is 11.1 Å². The van der Waals surface area contributed by atoms with Gasteiger partial charge < -0.3 is 11.1 Å². The van der Waals surface area contributed by atoms with Crippen molar-refractivity contribution < 1.29 is 4.79 Å². The smallest absolute Gasteiger partial charge is 0.265 e. The van der Waals surface area contributed by atoms with Crippen molar-refractivity contribution in [1.29, 1.82) is 15.8 Å². The summed E-state index contributed by atoms with van der Waals surface area (Å²) in [6, 6.07) is 11.7. The number of nitrogens with one attached hydrogen (secondary N) is 1. The number of hydrogen-bond donors (Lipinski definition) is 2. The number of nitrogens with two attached hydrogens (primary N) is 1. The maximum Gasteiger partial charge on any atom is 0.265 e. The Bertz CT molecular complexity index is 887. The second-order valence-corrected chi connectivity index (χ2v) is 4.16. The highest BCUT2D eigenvalue weighted by atomic mass is 16.1. The lowest BCUT2D eigenvalue weighted by atomic mass is 10.1. The first kappa shape index (κ1) is 14.4. The van der Waals surface area contributed by atoms with Crippen LogP contribution in [-0.4, -0.2) is 5.91 Å². The number of nitriles is 3.